The van der Waals surface area contributed by atoms with Gasteiger partial charge >= 0.3 is 0 Å². The second-order valence-electron chi connectivity index (χ2n) is 7.42. The summed E-state index contributed by atoms with van der Waals surface area (Å²) in [6.45, 7) is 6.71. The number of hydrogen-bond acceptors (Lipinski definition) is 5. The molecular weight excluding hydrogens is 370 g/mol. The summed E-state index contributed by atoms with van der Waals surface area (Å²) in [4.78, 5) is 16.4. The Bertz CT molecular complexity index is 865. The normalized spacial score (nSPS) is 17.5. The van der Waals surface area contributed by atoms with Gasteiger partial charge in [-0.3, -0.25) is 4.79 Å². The van der Waals surface area contributed by atoms with Crippen LogP contribution in [0.3, 0.4) is 0 Å². The van der Waals surface area contributed by atoms with E-state index in [-0.39, 0.29) is 11.9 Å². The number of benzene rings is 2. The number of fused-ring (bicyclic) bond motifs is 1. The number of rotatable bonds is 5. The van der Waals surface area contributed by atoms with E-state index >= 15 is 0 Å². The lowest BCUT2D eigenvalue weighted by Crippen LogP contribution is -3.19. The van der Waals surface area contributed by atoms with Gasteiger partial charge in [-0.2, -0.15) is 0 Å². The summed E-state index contributed by atoms with van der Waals surface area (Å²) in [6.07, 6.45) is 0. The van der Waals surface area contributed by atoms with E-state index < -0.39 is 0 Å². The van der Waals surface area contributed by atoms with E-state index in [9.17, 15) is 4.79 Å². The molecular formula is C22H28N3O4+. The van der Waals surface area contributed by atoms with E-state index in [1.807, 2.05) is 37.3 Å². The average molecular weight is 398 g/mol. The predicted octanol–water partition coefficient (Wildman–Crippen LogP) is 1.20. The van der Waals surface area contributed by atoms with Crippen molar-refractivity contribution in [3.63, 3.8) is 0 Å². The molecule has 1 saturated heterocycles. The highest BCUT2D eigenvalue weighted by molar-refractivity contribution is 5.94. The third-order valence-corrected chi connectivity index (χ3v) is 5.64. The highest BCUT2D eigenvalue weighted by atomic mass is 16.6. The monoisotopic (exact) mass is 398 g/mol. The van der Waals surface area contributed by atoms with Crippen LogP contribution in [0.2, 0.25) is 0 Å². The van der Waals surface area contributed by atoms with E-state index in [1.54, 1.807) is 7.11 Å². The van der Waals surface area contributed by atoms with Crippen LogP contribution < -0.4 is 29.3 Å². The summed E-state index contributed by atoms with van der Waals surface area (Å²) in [6, 6.07) is 13.5. The number of carbonyl (C=O) groups is 1. The molecule has 1 amide bonds. The Morgan fingerprint density at radius 1 is 1.10 bits per heavy atom. The Hall–Kier alpha value is -2.93. The molecule has 2 aliphatic heterocycles. The van der Waals surface area contributed by atoms with E-state index in [4.69, 9.17) is 14.2 Å². The summed E-state index contributed by atoms with van der Waals surface area (Å²) >= 11 is 0. The minimum atomic E-state index is -0.129. The highest BCUT2D eigenvalue weighted by Crippen LogP contribution is 2.32. The number of anilines is 2. The highest BCUT2D eigenvalue weighted by Gasteiger charge is 2.29. The Kier molecular flexibility index (Phi) is 5.76. The van der Waals surface area contributed by atoms with E-state index in [1.165, 1.54) is 4.90 Å². The topological polar surface area (TPSA) is 64.5 Å². The third kappa shape index (κ3) is 4.40. The summed E-state index contributed by atoms with van der Waals surface area (Å²) < 4.78 is 16.5. The molecule has 0 radical (unpaired) electrons. The van der Waals surface area contributed by atoms with Crippen molar-refractivity contribution >= 4 is 17.3 Å². The zero-order valence-corrected chi connectivity index (χ0v) is 16.9. The molecule has 1 atom stereocenters. The second kappa shape index (κ2) is 8.61. The molecule has 29 heavy (non-hydrogen) atoms. The second-order valence-corrected chi connectivity index (χ2v) is 7.42. The van der Waals surface area contributed by atoms with Crippen LogP contribution in [0.5, 0.6) is 17.2 Å². The number of carbonyl (C=O) groups excluding carboxylic acids is 1. The lowest BCUT2D eigenvalue weighted by Gasteiger charge is -2.36. The maximum Gasteiger partial charge on any atom is 0.282 e. The van der Waals surface area contributed by atoms with Crippen LogP contribution in [-0.4, -0.2) is 58.5 Å². The lowest BCUT2D eigenvalue weighted by atomic mass is 10.2. The van der Waals surface area contributed by atoms with Gasteiger partial charge in [0.05, 0.1) is 33.3 Å². The molecule has 0 saturated carbocycles. The van der Waals surface area contributed by atoms with Crippen molar-refractivity contribution in [3.8, 4) is 17.2 Å². The molecule has 154 valence electrons. The van der Waals surface area contributed by atoms with Gasteiger partial charge in [0.25, 0.3) is 5.91 Å². The zero-order valence-electron chi connectivity index (χ0n) is 16.9. The smallest absolute Gasteiger partial charge is 0.282 e. The number of methoxy groups -OCH3 is 1. The molecule has 2 aromatic carbocycles. The van der Waals surface area contributed by atoms with Crippen molar-refractivity contribution in [2.75, 3.05) is 56.7 Å². The van der Waals surface area contributed by atoms with Crippen LogP contribution in [0.1, 0.15) is 6.92 Å². The largest absolute Gasteiger partial charge is 0.497 e. The number of hydrogen-bond donors (Lipinski definition) is 2. The van der Waals surface area contributed by atoms with Gasteiger partial charge in [0.1, 0.15) is 19.0 Å². The van der Waals surface area contributed by atoms with Crippen LogP contribution in [0.25, 0.3) is 0 Å². The Morgan fingerprint density at radius 2 is 1.86 bits per heavy atom. The number of nitrogens with zero attached hydrogens (tertiary/aromatic N) is 1. The Morgan fingerprint density at radius 3 is 2.62 bits per heavy atom. The molecule has 1 fully saturated rings. The van der Waals surface area contributed by atoms with Crippen molar-refractivity contribution in [1.29, 1.82) is 0 Å². The maximum absolute atomic E-state index is 12.8. The molecule has 0 spiro atoms. The molecule has 2 aliphatic rings. The zero-order chi connectivity index (χ0) is 20.2. The minimum Gasteiger partial charge on any atom is -0.497 e. The molecule has 0 unspecified atom stereocenters. The molecule has 0 bridgehead atoms. The molecule has 2 heterocycles. The molecule has 2 N–H and O–H groups in total. The summed E-state index contributed by atoms with van der Waals surface area (Å²) in [7, 11) is 1.68. The first-order valence-electron chi connectivity index (χ1n) is 10.1. The SMILES string of the molecule is COc1cccc(N2CC[NH+]([C@H](C)C(=O)Nc3ccc4c(c3)OCCO4)CC2)c1. The molecule has 7 nitrogen and oxygen atoms in total. The van der Waals surface area contributed by atoms with Gasteiger partial charge < -0.3 is 29.3 Å². The van der Waals surface area contributed by atoms with Gasteiger partial charge in [-0.05, 0) is 31.2 Å². The first-order valence-corrected chi connectivity index (χ1v) is 10.1. The van der Waals surface area contributed by atoms with Gasteiger partial charge in [0, 0.05) is 23.5 Å². The fraction of sp³-hybridized carbons (Fsp3) is 0.409. The van der Waals surface area contributed by atoms with Crippen molar-refractivity contribution in [3.05, 3.63) is 42.5 Å². The number of quaternary nitrogens is 1. The van der Waals surface area contributed by atoms with Crippen LogP contribution in [-0.2, 0) is 4.79 Å². The predicted molar refractivity (Wildman–Crippen MR) is 111 cm³/mol. The van der Waals surface area contributed by atoms with Gasteiger partial charge in [0.2, 0.25) is 0 Å². The standard InChI is InChI=1S/C22H27N3O4/c1-16(22(26)23-17-6-7-20-21(14-17)29-13-12-28-20)24-8-10-25(11-9-24)18-4-3-5-19(15-18)27-2/h3-7,14-16H,8-13H2,1-2H3,(H,23,26)/p+1/t16-/m1/s1. The van der Waals surface area contributed by atoms with E-state index in [0.29, 0.717) is 19.0 Å². The minimum absolute atomic E-state index is 0.0199. The Balaban J connectivity index is 1.33. The summed E-state index contributed by atoms with van der Waals surface area (Å²) in [5.74, 6) is 2.29. The number of nitrogens with one attached hydrogen (secondary N) is 2. The van der Waals surface area contributed by atoms with Crippen LogP contribution in [0.15, 0.2) is 42.5 Å². The van der Waals surface area contributed by atoms with Crippen LogP contribution >= 0.6 is 0 Å². The van der Waals surface area contributed by atoms with Crippen molar-refractivity contribution in [2.45, 2.75) is 13.0 Å². The molecule has 4 rings (SSSR count). The molecule has 2 aromatic rings. The van der Waals surface area contributed by atoms with Crippen molar-refractivity contribution < 1.29 is 23.9 Å². The molecule has 0 aliphatic carbocycles. The first kappa shape index (κ1) is 19.4. The van der Waals surface area contributed by atoms with Gasteiger partial charge in [-0.15, -0.1) is 0 Å². The maximum atomic E-state index is 12.8. The summed E-state index contributed by atoms with van der Waals surface area (Å²) in [5, 5.41) is 3.02. The lowest BCUT2D eigenvalue weighted by molar-refractivity contribution is -0.914. The number of piperazine rings is 1. The fourth-order valence-electron chi connectivity index (χ4n) is 3.85. The summed E-state index contributed by atoms with van der Waals surface area (Å²) in [5.41, 5.74) is 1.90. The first-order chi connectivity index (χ1) is 14.1. The average Bonchev–Trinajstić information content (AvgIpc) is 2.78. The number of ether oxygens (including phenoxy) is 3. The van der Waals surface area contributed by atoms with Crippen molar-refractivity contribution in [1.82, 2.24) is 0 Å². The van der Waals surface area contributed by atoms with Crippen molar-refractivity contribution in [2.24, 2.45) is 0 Å². The van der Waals surface area contributed by atoms with Crippen LogP contribution in [0, 0.1) is 0 Å². The quantitative estimate of drug-likeness (QED) is 0.793. The van der Waals surface area contributed by atoms with Gasteiger partial charge in [-0.1, -0.05) is 6.07 Å². The van der Waals surface area contributed by atoms with E-state index in [2.05, 4.69) is 22.3 Å². The molecule has 7 heteroatoms. The fourth-order valence-corrected chi connectivity index (χ4v) is 3.85. The number of amides is 1. The van der Waals surface area contributed by atoms with E-state index in [0.717, 1.165) is 49.1 Å². The van der Waals surface area contributed by atoms with Crippen LogP contribution in [0.4, 0.5) is 11.4 Å². The Labute approximate surface area is 171 Å². The van der Waals surface area contributed by atoms with Gasteiger partial charge in [0.15, 0.2) is 17.5 Å². The molecule has 0 aromatic heterocycles. The third-order valence-electron chi connectivity index (χ3n) is 5.64. The van der Waals surface area contributed by atoms with Gasteiger partial charge in [-0.25, -0.2) is 0 Å².